The van der Waals surface area contributed by atoms with Crippen molar-refractivity contribution in [2.75, 3.05) is 13.6 Å². The van der Waals surface area contributed by atoms with E-state index >= 15 is 0 Å². The number of nitriles is 1. The van der Waals surface area contributed by atoms with Crippen molar-refractivity contribution in [3.8, 4) is 6.07 Å². The molecule has 1 heterocycles. The van der Waals surface area contributed by atoms with E-state index in [0.29, 0.717) is 13.0 Å². The highest BCUT2D eigenvalue weighted by Gasteiger charge is 2.12. The molecule has 0 unspecified atom stereocenters. The maximum Gasteiger partial charge on any atom is 0.244 e. The summed E-state index contributed by atoms with van der Waals surface area (Å²) in [6.45, 7) is 4.83. The fourth-order valence-corrected chi connectivity index (χ4v) is 1.70. The predicted molar refractivity (Wildman–Crippen MR) is 68.9 cm³/mol. The molecule has 1 aromatic heterocycles. The summed E-state index contributed by atoms with van der Waals surface area (Å²) in [5.74, 6) is -0.00861. The van der Waals surface area contributed by atoms with Gasteiger partial charge in [0.05, 0.1) is 18.2 Å². The van der Waals surface area contributed by atoms with E-state index in [9.17, 15) is 4.79 Å². The van der Waals surface area contributed by atoms with E-state index in [2.05, 4.69) is 12.0 Å². The third-order valence-electron chi connectivity index (χ3n) is 2.91. The minimum absolute atomic E-state index is 0.00861. The summed E-state index contributed by atoms with van der Waals surface area (Å²) in [6, 6.07) is 4.08. The van der Waals surface area contributed by atoms with Crippen LogP contribution in [-0.4, -0.2) is 34.2 Å². The Balaban J connectivity index is 2.69. The third-order valence-corrected chi connectivity index (χ3v) is 2.91. The average Bonchev–Trinajstić information content (AvgIpc) is 2.77. The molecule has 0 fully saturated rings. The fourth-order valence-electron chi connectivity index (χ4n) is 1.70. The van der Waals surface area contributed by atoms with Crippen LogP contribution in [0.1, 0.15) is 31.7 Å². The van der Waals surface area contributed by atoms with Gasteiger partial charge in [-0.15, -0.1) is 0 Å². The topological polar surface area (TPSA) is 61.9 Å². The number of hydrogen-bond donors (Lipinski definition) is 0. The summed E-state index contributed by atoms with van der Waals surface area (Å²) in [6.07, 6.45) is 2.10. The Labute approximate surface area is 108 Å². The zero-order chi connectivity index (χ0) is 13.5. The average molecular weight is 248 g/mol. The first-order valence-corrected chi connectivity index (χ1v) is 6.28. The van der Waals surface area contributed by atoms with Crippen molar-refractivity contribution in [2.24, 2.45) is 0 Å². The van der Waals surface area contributed by atoms with E-state index in [-0.39, 0.29) is 12.5 Å². The lowest BCUT2D eigenvalue weighted by Gasteiger charge is -2.16. The second kappa shape index (κ2) is 6.80. The molecule has 0 atom stereocenters. The fraction of sp³-hybridized carbons (Fsp3) is 0.615. The first-order chi connectivity index (χ1) is 8.62. The van der Waals surface area contributed by atoms with Gasteiger partial charge in [0.25, 0.3) is 0 Å². The van der Waals surface area contributed by atoms with Crippen LogP contribution in [0.2, 0.25) is 0 Å². The molecule has 0 spiro atoms. The van der Waals surface area contributed by atoms with Gasteiger partial charge in [0, 0.05) is 19.3 Å². The Morgan fingerprint density at radius 2 is 2.22 bits per heavy atom. The summed E-state index contributed by atoms with van der Waals surface area (Å²) in [5.41, 5.74) is 2.09. The molecule has 0 saturated heterocycles. The lowest BCUT2D eigenvalue weighted by atomic mass is 10.2. The van der Waals surface area contributed by atoms with Gasteiger partial charge in [0.15, 0.2) is 0 Å². The van der Waals surface area contributed by atoms with Crippen molar-refractivity contribution in [2.45, 2.75) is 39.7 Å². The highest BCUT2D eigenvalue weighted by molar-refractivity contribution is 5.75. The van der Waals surface area contributed by atoms with Crippen molar-refractivity contribution >= 4 is 5.91 Å². The molecule has 5 nitrogen and oxygen atoms in total. The number of nitrogens with zero attached hydrogens (tertiary/aromatic N) is 4. The van der Waals surface area contributed by atoms with Crippen LogP contribution >= 0.6 is 0 Å². The summed E-state index contributed by atoms with van der Waals surface area (Å²) in [4.78, 5) is 13.5. The van der Waals surface area contributed by atoms with Gasteiger partial charge in [0.2, 0.25) is 5.91 Å². The number of aromatic nitrogens is 2. The number of rotatable bonds is 6. The Hall–Kier alpha value is -1.83. The van der Waals surface area contributed by atoms with Crippen molar-refractivity contribution in [1.82, 2.24) is 14.7 Å². The SMILES string of the molecule is CCc1cc(CC)n(CC(=O)N(C)CCC#N)n1. The van der Waals surface area contributed by atoms with Crippen LogP contribution in [0, 0.1) is 11.3 Å². The van der Waals surface area contributed by atoms with Crippen LogP contribution in [0.25, 0.3) is 0 Å². The van der Waals surface area contributed by atoms with E-state index < -0.39 is 0 Å². The minimum Gasteiger partial charge on any atom is -0.343 e. The number of likely N-dealkylation sites (N-methyl/N-ethyl adjacent to an activating group) is 1. The second-order valence-corrected chi connectivity index (χ2v) is 4.22. The molecule has 0 aliphatic heterocycles. The van der Waals surface area contributed by atoms with Gasteiger partial charge in [-0.3, -0.25) is 9.48 Å². The molecule has 0 aliphatic carbocycles. The quantitative estimate of drug-likeness (QED) is 0.764. The van der Waals surface area contributed by atoms with Crippen LogP contribution in [0.4, 0.5) is 0 Å². The lowest BCUT2D eigenvalue weighted by molar-refractivity contribution is -0.130. The Morgan fingerprint density at radius 1 is 1.50 bits per heavy atom. The number of carbonyl (C=O) groups excluding carboxylic acids is 1. The maximum atomic E-state index is 11.9. The van der Waals surface area contributed by atoms with Crippen molar-refractivity contribution in [3.63, 3.8) is 0 Å². The van der Waals surface area contributed by atoms with E-state index in [0.717, 1.165) is 24.2 Å². The molecule has 0 saturated carbocycles. The molecular formula is C13H20N4O. The van der Waals surface area contributed by atoms with Crippen LogP contribution in [0.15, 0.2) is 6.07 Å². The van der Waals surface area contributed by atoms with E-state index in [4.69, 9.17) is 5.26 Å². The van der Waals surface area contributed by atoms with E-state index in [1.165, 1.54) is 0 Å². The molecule has 0 radical (unpaired) electrons. The molecule has 1 amide bonds. The number of hydrogen-bond acceptors (Lipinski definition) is 3. The normalized spacial score (nSPS) is 10.1. The molecule has 18 heavy (non-hydrogen) atoms. The molecule has 1 aromatic rings. The molecule has 98 valence electrons. The molecule has 0 aromatic carbocycles. The minimum atomic E-state index is -0.00861. The number of carbonyl (C=O) groups is 1. The Morgan fingerprint density at radius 3 is 2.78 bits per heavy atom. The number of amides is 1. The summed E-state index contributed by atoms with van der Waals surface area (Å²) in [5, 5.41) is 12.9. The smallest absolute Gasteiger partial charge is 0.244 e. The molecule has 0 aliphatic rings. The largest absolute Gasteiger partial charge is 0.343 e. The van der Waals surface area contributed by atoms with Gasteiger partial charge >= 0.3 is 0 Å². The van der Waals surface area contributed by atoms with Gasteiger partial charge in [-0.1, -0.05) is 13.8 Å². The first kappa shape index (κ1) is 14.2. The van der Waals surface area contributed by atoms with Gasteiger partial charge in [-0.2, -0.15) is 10.4 Å². The first-order valence-electron chi connectivity index (χ1n) is 6.28. The summed E-state index contributed by atoms with van der Waals surface area (Å²) >= 11 is 0. The van der Waals surface area contributed by atoms with E-state index in [1.807, 2.05) is 19.1 Å². The molecule has 0 N–H and O–H groups in total. The van der Waals surface area contributed by atoms with Crippen molar-refractivity contribution in [3.05, 3.63) is 17.5 Å². The Bertz CT molecular complexity index is 444. The van der Waals surface area contributed by atoms with Crippen LogP contribution in [0.5, 0.6) is 0 Å². The van der Waals surface area contributed by atoms with Crippen LogP contribution in [0.3, 0.4) is 0 Å². The van der Waals surface area contributed by atoms with Crippen LogP contribution < -0.4 is 0 Å². The van der Waals surface area contributed by atoms with Gasteiger partial charge < -0.3 is 4.90 Å². The van der Waals surface area contributed by atoms with Gasteiger partial charge in [0.1, 0.15) is 6.54 Å². The zero-order valence-corrected chi connectivity index (χ0v) is 11.3. The molecule has 0 bridgehead atoms. The van der Waals surface area contributed by atoms with Crippen molar-refractivity contribution < 1.29 is 4.79 Å². The molecule has 1 rings (SSSR count). The summed E-state index contributed by atoms with van der Waals surface area (Å²) in [7, 11) is 1.72. The highest BCUT2D eigenvalue weighted by atomic mass is 16.2. The molecule has 5 heteroatoms. The van der Waals surface area contributed by atoms with Gasteiger partial charge in [-0.05, 0) is 18.9 Å². The highest BCUT2D eigenvalue weighted by Crippen LogP contribution is 2.07. The van der Waals surface area contributed by atoms with Gasteiger partial charge in [-0.25, -0.2) is 0 Å². The van der Waals surface area contributed by atoms with E-state index in [1.54, 1.807) is 16.6 Å². The van der Waals surface area contributed by atoms with Crippen LogP contribution in [-0.2, 0) is 24.2 Å². The monoisotopic (exact) mass is 248 g/mol. The third kappa shape index (κ3) is 3.59. The maximum absolute atomic E-state index is 11.9. The summed E-state index contributed by atoms with van der Waals surface area (Å²) < 4.78 is 1.77. The lowest BCUT2D eigenvalue weighted by Crippen LogP contribution is -2.31. The standard InChI is InChI=1S/C13H20N4O/c1-4-11-9-12(5-2)17(15-11)10-13(18)16(3)8-6-7-14/h9H,4-6,8,10H2,1-3H3. The Kier molecular flexibility index (Phi) is 5.37. The predicted octanol–water partition coefficient (Wildman–Crippen LogP) is 1.38. The molecular weight excluding hydrogens is 228 g/mol. The number of aryl methyl sites for hydroxylation is 2. The second-order valence-electron chi connectivity index (χ2n) is 4.22. The zero-order valence-electron chi connectivity index (χ0n) is 11.3. The van der Waals surface area contributed by atoms with Crippen molar-refractivity contribution in [1.29, 1.82) is 5.26 Å².